The lowest BCUT2D eigenvalue weighted by Gasteiger charge is -2.36. The Morgan fingerprint density at radius 3 is 2.26 bits per heavy atom. The number of halogens is 1. The predicted molar refractivity (Wildman–Crippen MR) is 73.9 cm³/mol. The van der Waals surface area contributed by atoms with Crippen molar-refractivity contribution in [1.82, 2.24) is 4.98 Å². The summed E-state index contributed by atoms with van der Waals surface area (Å²) in [7, 11) is 0. The zero-order valence-corrected chi connectivity index (χ0v) is 10.6. The van der Waals surface area contributed by atoms with Crippen molar-refractivity contribution in [3.05, 3.63) is 54.5 Å². The van der Waals surface area contributed by atoms with Gasteiger partial charge in [0, 0.05) is 31.9 Å². The molecule has 0 N–H and O–H groups in total. The van der Waals surface area contributed by atoms with Crippen LogP contribution in [-0.2, 0) is 0 Å². The first-order valence-electron chi connectivity index (χ1n) is 6.41. The van der Waals surface area contributed by atoms with Crippen molar-refractivity contribution in [1.29, 1.82) is 0 Å². The van der Waals surface area contributed by atoms with Crippen LogP contribution in [0.15, 0.2) is 42.5 Å². The Bertz CT molecular complexity index is 519. The molecule has 2 aromatic rings. The second-order valence-corrected chi connectivity index (χ2v) is 4.58. The highest BCUT2D eigenvalue weighted by Gasteiger charge is 2.17. The van der Waals surface area contributed by atoms with E-state index in [9.17, 15) is 4.39 Å². The first-order valence-corrected chi connectivity index (χ1v) is 6.41. The fourth-order valence-corrected chi connectivity index (χ4v) is 2.34. The summed E-state index contributed by atoms with van der Waals surface area (Å²) in [5.74, 6) is 0.785. The molecule has 1 aliphatic rings. The minimum Gasteiger partial charge on any atom is -0.368 e. The molecule has 3 nitrogen and oxygen atoms in total. The van der Waals surface area contributed by atoms with Gasteiger partial charge >= 0.3 is 0 Å². The zero-order chi connectivity index (χ0) is 13.1. The van der Waals surface area contributed by atoms with Crippen LogP contribution in [0.3, 0.4) is 0 Å². The summed E-state index contributed by atoms with van der Waals surface area (Å²) in [6.07, 6.45) is 2.86. The number of anilines is 2. The van der Waals surface area contributed by atoms with E-state index in [1.54, 1.807) is 6.07 Å². The number of aromatic nitrogens is 1. The van der Waals surface area contributed by atoms with Crippen LogP contribution in [-0.4, -0.2) is 31.2 Å². The van der Waals surface area contributed by atoms with E-state index in [4.69, 9.17) is 0 Å². The third-order valence-electron chi connectivity index (χ3n) is 3.39. The van der Waals surface area contributed by atoms with Crippen molar-refractivity contribution >= 4 is 11.5 Å². The molecule has 0 atom stereocenters. The van der Waals surface area contributed by atoms with Crippen LogP contribution >= 0.6 is 0 Å². The number of hydrogen-bond donors (Lipinski definition) is 0. The molecule has 0 amide bonds. The Morgan fingerprint density at radius 2 is 1.63 bits per heavy atom. The molecule has 1 aliphatic heterocycles. The topological polar surface area (TPSA) is 19.4 Å². The maximum absolute atomic E-state index is 12.9. The van der Waals surface area contributed by atoms with Gasteiger partial charge in [-0.05, 0) is 36.4 Å². The van der Waals surface area contributed by atoms with Crippen molar-refractivity contribution in [2.75, 3.05) is 36.0 Å². The van der Waals surface area contributed by atoms with Crippen molar-refractivity contribution in [2.24, 2.45) is 0 Å². The highest BCUT2D eigenvalue weighted by Crippen LogP contribution is 2.19. The summed E-state index contributed by atoms with van der Waals surface area (Å²) >= 11 is 0. The van der Waals surface area contributed by atoms with E-state index in [-0.39, 0.29) is 5.82 Å². The van der Waals surface area contributed by atoms with E-state index in [0.29, 0.717) is 0 Å². The van der Waals surface area contributed by atoms with Crippen LogP contribution in [0.2, 0.25) is 0 Å². The molecule has 0 bridgehead atoms. The SMILES string of the molecule is Fc1ccc(N2CCN(c3ccc[c]n3)CC2)cc1. The van der Waals surface area contributed by atoms with Crippen LogP contribution in [0.5, 0.6) is 0 Å². The zero-order valence-electron chi connectivity index (χ0n) is 10.6. The van der Waals surface area contributed by atoms with E-state index in [0.717, 1.165) is 37.7 Å². The van der Waals surface area contributed by atoms with Crippen LogP contribution in [0.25, 0.3) is 0 Å². The second kappa shape index (κ2) is 5.26. The summed E-state index contributed by atoms with van der Waals surface area (Å²) in [6.45, 7) is 3.68. The quantitative estimate of drug-likeness (QED) is 0.822. The molecular weight excluding hydrogens is 241 g/mol. The predicted octanol–water partition coefficient (Wildman–Crippen LogP) is 2.35. The minimum atomic E-state index is -0.189. The Morgan fingerprint density at radius 1 is 0.947 bits per heavy atom. The standard InChI is InChI=1S/C15H15FN3/c16-13-4-6-14(7-5-13)18-9-11-19(12-10-18)15-3-1-2-8-17-15/h1-7H,9-12H2. The molecule has 0 spiro atoms. The minimum absolute atomic E-state index is 0.189. The summed E-state index contributed by atoms with van der Waals surface area (Å²) in [4.78, 5) is 8.76. The normalized spacial score (nSPS) is 15.6. The Hall–Kier alpha value is -2.10. The molecule has 19 heavy (non-hydrogen) atoms. The van der Waals surface area contributed by atoms with Crippen molar-refractivity contribution in [3.8, 4) is 0 Å². The number of rotatable bonds is 2. The molecule has 1 aromatic carbocycles. The Labute approximate surface area is 112 Å². The van der Waals surface area contributed by atoms with Gasteiger partial charge in [0.15, 0.2) is 0 Å². The Balaban J connectivity index is 1.65. The maximum atomic E-state index is 12.9. The van der Waals surface area contributed by atoms with Crippen molar-refractivity contribution in [2.45, 2.75) is 0 Å². The van der Waals surface area contributed by atoms with Gasteiger partial charge in [-0.3, -0.25) is 0 Å². The van der Waals surface area contributed by atoms with Gasteiger partial charge < -0.3 is 9.80 Å². The molecule has 0 saturated carbocycles. The molecule has 97 valence electrons. The van der Waals surface area contributed by atoms with Gasteiger partial charge in [-0.1, -0.05) is 6.07 Å². The van der Waals surface area contributed by atoms with Crippen LogP contribution in [0, 0.1) is 12.0 Å². The fourth-order valence-electron chi connectivity index (χ4n) is 2.34. The van der Waals surface area contributed by atoms with Gasteiger partial charge in [0.1, 0.15) is 11.6 Å². The first kappa shape index (κ1) is 12.0. The smallest absolute Gasteiger partial charge is 0.129 e. The average molecular weight is 256 g/mol. The lowest BCUT2D eigenvalue weighted by Crippen LogP contribution is -2.46. The largest absolute Gasteiger partial charge is 0.368 e. The van der Waals surface area contributed by atoms with Gasteiger partial charge in [0.25, 0.3) is 0 Å². The molecule has 3 rings (SSSR count). The molecule has 1 aromatic heterocycles. The monoisotopic (exact) mass is 256 g/mol. The van der Waals surface area contributed by atoms with Gasteiger partial charge in [0.05, 0.1) is 6.20 Å². The summed E-state index contributed by atoms with van der Waals surface area (Å²) in [5.41, 5.74) is 1.08. The Kier molecular flexibility index (Phi) is 3.31. The lowest BCUT2D eigenvalue weighted by molar-refractivity contribution is 0.624. The summed E-state index contributed by atoms with van der Waals surface area (Å²) in [5, 5.41) is 0. The summed E-state index contributed by atoms with van der Waals surface area (Å²) < 4.78 is 12.9. The average Bonchev–Trinajstić information content (AvgIpc) is 2.49. The number of benzene rings is 1. The fraction of sp³-hybridized carbons (Fsp3) is 0.267. The van der Waals surface area contributed by atoms with E-state index in [2.05, 4.69) is 21.0 Å². The van der Waals surface area contributed by atoms with Crippen molar-refractivity contribution < 1.29 is 4.39 Å². The molecule has 4 heteroatoms. The molecular formula is C15H15FN3. The van der Waals surface area contributed by atoms with E-state index in [1.807, 2.05) is 24.3 Å². The van der Waals surface area contributed by atoms with E-state index < -0.39 is 0 Å². The van der Waals surface area contributed by atoms with E-state index >= 15 is 0 Å². The van der Waals surface area contributed by atoms with Gasteiger partial charge in [-0.15, -0.1) is 0 Å². The molecule has 1 saturated heterocycles. The third-order valence-corrected chi connectivity index (χ3v) is 3.39. The number of piperazine rings is 1. The van der Waals surface area contributed by atoms with Crippen LogP contribution < -0.4 is 9.80 Å². The molecule has 0 aliphatic carbocycles. The van der Waals surface area contributed by atoms with Gasteiger partial charge in [0.2, 0.25) is 0 Å². The molecule has 0 unspecified atom stereocenters. The first-order chi connectivity index (χ1) is 9.33. The highest BCUT2D eigenvalue weighted by molar-refractivity contribution is 5.49. The summed E-state index contributed by atoms with van der Waals surface area (Å²) in [6, 6.07) is 12.4. The number of nitrogens with zero attached hydrogens (tertiary/aromatic N) is 3. The van der Waals surface area contributed by atoms with Gasteiger partial charge in [-0.25, -0.2) is 9.37 Å². The third kappa shape index (κ3) is 2.67. The number of pyridine rings is 1. The van der Waals surface area contributed by atoms with Crippen LogP contribution in [0.1, 0.15) is 0 Å². The maximum Gasteiger partial charge on any atom is 0.129 e. The molecule has 1 radical (unpaired) electrons. The van der Waals surface area contributed by atoms with Crippen LogP contribution in [0.4, 0.5) is 15.9 Å². The number of hydrogen-bond acceptors (Lipinski definition) is 3. The highest BCUT2D eigenvalue weighted by atomic mass is 19.1. The van der Waals surface area contributed by atoms with Gasteiger partial charge in [-0.2, -0.15) is 0 Å². The van der Waals surface area contributed by atoms with Crippen molar-refractivity contribution in [3.63, 3.8) is 0 Å². The second-order valence-electron chi connectivity index (χ2n) is 4.58. The lowest BCUT2D eigenvalue weighted by atomic mass is 10.2. The van der Waals surface area contributed by atoms with E-state index in [1.165, 1.54) is 12.1 Å². The molecule has 1 fully saturated rings. The molecule has 2 heterocycles.